The average Bonchev–Trinajstić information content (AvgIpc) is 2.88. The highest BCUT2D eigenvalue weighted by Crippen LogP contribution is 2.40. The molecule has 0 saturated carbocycles. The number of hydrogen-bond acceptors (Lipinski definition) is 4. The Hall–Kier alpha value is -1.75. The predicted molar refractivity (Wildman–Crippen MR) is 113 cm³/mol. The molecular formula is C22H31NO3S. The van der Waals surface area contributed by atoms with Crippen LogP contribution in [0.15, 0.2) is 29.2 Å². The number of imide groups is 1. The molecule has 1 aliphatic heterocycles. The first-order valence-corrected chi connectivity index (χ1v) is 10.8. The van der Waals surface area contributed by atoms with E-state index >= 15 is 0 Å². The standard InChI is InChI=1S/C22H31NO3S/c1-5-6-7-8-9-12-15-23-21(24)19(20(22(23)25)27-16(2)3)17-13-10-11-14-18(17)26-4/h10-11,13-14,16H,5-9,12,15H2,1-4H3. The maximum atomic E-state index is 13.1. The van der Waals surface area contributed by atoms with Gasteiger partial charge in [0.05, 0.1) is 17.6 Å². The van der Waals surface area contributed by atoms with Gasteiger partial charge in [0.15, 0.2) is 0 Å². The van der Waals surface area contributed by atoms with E-state index in [2.05, 4.69) is 6.92 Å². The second-order valence-corrected chi connectivity index (χ2v) is 8.69. The van der Waals surface area contributed by atoms with Crippen molar-refractivity contribution in [2.24, 2.45) is 0 Å². The largest absolute Gasteiger partial charge is 0.496 e. The second kappa shape index (κ2) is 10.5. The number of carbonyl (C=O) groups is 2. The van der Waals surface area contributed by atoms with Crippen LogP contribution in [-0.2, 0) is 9.59 Å². The highest BCUT2D eigenvalue weighted by atomic mass is 32.2. The lowest BCUT2D eigenvalue weighted by atomic mass is 10.0. The fraction of sp³-hybridized carbons (Fsp3) is 0.545. The quantitative estimate of drug-likeness (QED) is 0.382. The van der Waals surface area contributed by atoms with Crippen LogP contribution in [0.25, 0.3) is 5.57 Å². The van der Waals surface area contributed by atoms with Crippen LogP contribution in [0.5, 0.6) is 5.75 Å². The van der Waals surface area contributed by atoms with E-state index in [0.717, 1.165) is 19.3 Å². The lowest BCUT2D eigenvalue weighted by molar-refractivity contribution is -0.136. The molecule has 5 heteroatoms. The normalized spacial score (nSPS) is 14.6. The summed E-state index contributed by atoms with van der Waals surface area (Å²) in [4.78, 5) is 28.1. The van der Waals surface area contributed by atoms with Gasteiger partial charge in [-0.2, -0.15) is 0 Å². The molecule has 1 aliphatic rings. The Bertz CT molecular complexity index is 697. The highest BCUT2D eigenvalue weighted by Gasteiger charge is 2.40. The molecule has 0 saturated heterocycles. The molecule has 0 bridgehead atoms. The summed E-state index contributed by atoms with van der Waals surface area (Å²) < 4.78 is 5.44. The van der Waals surface area contributed by atoms with Crippen molar-refractivity contribution in [3.8, 4) is 5.75 Å². The van der Waals surface area contributed by atoms with Crippen molar-refractivity contribution in [3.63, 3.8) is 0 Å². The summed E-state index contributed by atoms with van der Waals surface area (Å²) in [6, 6.07) is 7.42. The zero-order valence-corrected chi connectivity index (χ0v) is 17.7. The van der Waals surface area contributed by atoms with Crippen molar-refractivity contribution in [2.45, 2.75) is 64.5 Å². The molecule has 0 N–H and O–H groups in total. The Kier molecular flexibility index (Phi) is 8.42. The van der Waals surface area contributed by atoms with Crippen molar-refractivity contribution >= 4 is 29.1 Å². The minimum Gasteiger partial charge on any atom is -0.496 e. The summed E-state index contributed by atoms with van der Waals surface area (Å²) in [6.07, 6.45) is 6.75. The van der Waals surface area contributed by atoms with Gasteiger partial charge in [0, 0.05) is 17.4 Å². The third kappa shape index (κ3) is 5.38. The van der Waals surface area contributed by atoms with E-state index in [-0.39, 0.29) is 17.1 Å². The van der Waals surface area contributed by atoms with Gasteiger partial charge in [0.1, 0.15) is 5.75 Å². The topological polar surface area (TPSA) is 46.6 Å². The van der Waals surface area contributed by atoms with Gasteiger partial charge in [-0.05, 0) is 12.5 Å². The maximum Gasteiger partial charge on any atom is 0.267 e. The van der Waals surface area contributed by atoms with Gasteiger partial charge in [-0.1, -0.05) is 71.1 Å². The van der Waals surface area contributed by atoms with Gasteiger partial charge >= 0.3 is 0 Å². The van der Waals surface area contributed by atoms with Crippen LogP contribution in [-0.4, -0.2) is 35.6 Å². The Morgan fingerprint density at radius 1 is 1.00 bits per heavy atom. The van der Waals surface area contributed by atoms with Gasteiger partial charge in [-0.15, -0.1) is 11.8 Å². The molecule has 0 fully saturated rings. The molecule has 2 amide bonds. The Morgan fingerprint density at radius 3 is 2.33 bits per heavy atom. The van der Waals surface area contributed by atoms with Crippen LogP contribution in [0, 0.1) is 0 Å². The number of hydrogen-bond donors (Lipinski definition) is 0. The molecule has 4 nitrogen and oxygen atoms in total. The minimum absolute atomic E-state index is 0.159. The molecular weight excluding hydrogens is 358 g/mol. The second-order valence-electron chi connectivity index (χ2n) is 7.10. The molecule has 1 aromatic carbocycles. The van der Waals surface area contributed by atoms with Gasteiger partial charge in [0.25, 0.3) is 11.8 Å². The fourth-order valence-electron chi connectivity index (χ4n) is 3.24. The van der Waals surface area contributed by atoms with Gasteiger partial charge in [0.2, 0.25) is 0 Å². The minimum atomic E-state index is -0.193. The number of para-hydroxylation sites is 1. The third-order valence-electron chi connectivity index (χ3n) is 4.59. The molecule has 2 rings (SSSR count). The first kappa shape index (κ1) is 21.5. The number of rotatable bonds is 11. The summed E-state index contributed by atoms with van der Waals surface area (Å²) in [5.41, 5.74) is 1.19. The zero-order valence-electron chi connectivity index (χ0n) is 16.9. The molecule has 0 unspecified atom stereocenters. The Labute approximate surface area is 167 Å². The van der Waals surface area contributed by atoms with E-state index in [1.54, 1.807) is 7.11 Å². The smallest absolute Gasteiger partial charge is 0.267 e. The Morgan fingerprint density at radius 2 is 1.67 bits per heavy atom. The molecule has 0 radical (unpaired) electrons. The summed E-state index contributed by atoms with van der Waals surface area (Å²) in [6.45, 7) is 6.75. The number of nitrogens with zero attached hydrogens (tertiary/aromatic N) is 1. The van der Waals surface area contributed by atoms with Crippen molar-refractivity contribution in [3.05, 3.63) is 34.7 Å². The van der Waals surface area contributed by atoms with Crippen LogP contribution in [0.3, 0.4) is 0 Å². The predicted octanol–water partition coefficient (Wildman–Crippen LogP) is 5.28. The molecule has 1 heterocycles. The number of methoxy groups -OCH3 is 1. The molecule has 148 valence electrons. The number of thioether (sulfide) groups is 1. The van der Waals surface area contributed by atoms with Crippen molar-refractivity contribution in [1.29, 1.82) is 0 Å². The Balaban J connectivity index is 2.20. The molecule has 27 heavy (non-hydrogen) atoms. The van der Waals surface area contributed by atoms with Crippen LogP contribution < -0.4 is 4.74 Å². The monoisotopic (exact) mass is 389 g/mol. The molecule has 0 spiro atoms. The van der Waals surface area contributed by atoms with E-state index in [1.165, 1.54) is 35.9 Å². The molecule has 0 aliphatic carbocycles. The van der Waals surface area contributed by atoms with E-state index in [9.17, 15) is 9.59 Å². The van der Waals surface area contributed by atoms with Crippen LogP contribution in [0.1, 0.15) is 64.9 Å². The lowest BCUT2D eigenvalue weighted by Crippen LogP contribution is -2.32. The number of carbonyl (C=O) groups excluding carboxylic acids is 2. The summed E-state index contributed by atoms with van der Waals surface area (Å²) >= 11 is 1.46. The van der Waals surface area contributed by atoms with E-state index in [4.69, 9.17) is 4.74 Å². The zero-order chi connectivity index (χ0) is 19.8. The van der Waals surface area contributed by atoms with Crippen molar-refractivity contribution in [2.75, 3.05) is 13.7 Å². The lowest BCUT2D eigenvalue weighted by Gasteiger charge is -2.15. The van der Waals surface area contributed by atoms with Gasteiger partial charge in [-0.25, -0.2) is 0 Å². The summed E-state index contributed by atoms with van der Waals surface area (Å²) in [5.74, 6) is 0.270. The fourth-order valence-corrected chi connectivity index (χ4v) is 4.24. The molecule has 0 aromatic heterocycles. The van der Waals surface area contributed by atoms with Crippen LogP contribution in [0.4, 0.5) is 0 Å². The van der Waals surface area contributed by atoms with Crippen molar-refractivity contribution in [1.82, 2.24) is 4.90 Å². The van der Waals surface area contributed by atoms with Crippen molar-refractivity contribution < 1.29 is 14.3 Å². The summed E-state index contributed by atoms with van der Waals surface area (Å²) in [5, 5.41) is 0.218. The molecule has 0 atom stereocenters. The van der Waals surface area contributed by atoms with E-state index in [0.29, 0.717) is 28.3 Å². The number of unbranched alkanes of at least 4 members (excludes halogenated alkanes) is 5. The van der Waals surface area contributed by atoms with E-state index in [1.807, 2.05) is 38.1 Å². The number of ether oxygens (including phenoxy) is 1. The number of benzene rings is 1. The average molecular weight is 390 g/mol. The van der Waals surface area contributed by atoms with E-state index < -0.39 is 0 Å². The van der Waals surface area contributed by atoms with Gasteiger partial charge in [-0.3, -0.25) is 14.5 Å². The van der Waals surface area contributed by atoms with Crippen LogP contribution in [0.2, 0.25) is 0 Å². The molecule has 1 aromatic rings. The highest BCUT2D eigenvalue weighted by molar-refractivity contribution is 8.04. The maximum absolute atomic E-state index is 13.1. The third-order valence-corrected chi connectivity index (χ3v) is 5.68. The number of amides is 2. The van der Waals surface area contributed by atoms with Gasteiger partial charge < -0.3 is 4.74 Å². The SMILES string of the molecule is CCCCCCCCN1C(=O)C(SC(C)C)=C(c2ccccc2OC)C1=O. The summed E-state index contributed by atoms with van der Waals surface area (Å²) in [7, 11) is 1.59. The first-order chi connectivity index (χ1) is 13.0. The van der Waals surface area contributed by atoms with Crippen LogP contribution >= 0.6 is 11.8 Å². The first-order valence-electron chi connectivity index (χ1n) is 9.91.